The average Bonchev–Trinajstić information content (AvgIpc) is 3.33. The summed E-state index contributed by atoms with van der Waals surface area (Å²) in [4.78, 5) is 52.1. The Bertz CT molecular complexity index is 2770. The fraction of sp³-hybridized carbons (Fsp3) is 0.375. The summed E-state index contributed by atoms with van der Waals surface area (Å²) >= 11 is 0. The van der Waals surface area contributed by atoms with Crippen LogP contribution in [0, 0.1) is 0 Å². The first-order valence-corrected chi connectivity index (χ1v) is 25.7. The lowest BCUT2D eigenvalue weighted by Gasteiger charge is -2.28. The van der Waals surface area contributed by atoms with Gasteiger partial charge >= 0.3 is 0 Å². The molecule has 0 fully saturated rings. The van der Waals surface area contributed by atoms with Gasteiger partial charge in [0, 0.05) is 36.8 Å². The topological polar surface area (TPSA) is 151 Å². The molecule has 0 spiro atoms. The van der Waals surface area contributed by atoms with Gasteiger partial charge in [0.15, 0.2) is 0 Å². The van der Waals surface area contributed by atoms with Crippen molar-refractivity contribution in [3.63, 3.8) is 0 Å². The number of fused-ring (bicyclic) bond motifs is 8. The van der Waals surface area contributed by atoms with E-state index in [4.69, 9.17) is 9.47 Å². The highest BCUT2D eigenvalue weighted by Crippen LogP contribution is 2.44. The van der Waals surface area contributed by atoms with Crippen LogP contribution in [0.3, 0.4) is 0 Å². The predicted molar refractivity (Wildman–Crippen MR) is 294 cm³/mol. The molecule has 74 heavy (non-hydrogen) atoms. The van der Waals surface area contributed by atoms with E-state index in [1.807, 2.05) is 0 Å². The van der Waals surface area contributed by atoms with Gasteiger partial charge in [-0.15, -0.1) is 0 Å². The van der Waals surface area contributed by atoms with Gasteiger partial charge in [-0.25, -0.2) is 0 Å². The van der Waals surface area contributed by atoms with Gasteiger partial charge in [0.1, 0.15) is 36.2 Å². The summed E-state index contributed by atoms with van der Waals surface area (Å²) in [5, 5.41) is 30.8. The first-order valence-electron chi connectivity index (χ1n) is 25.7. The normalized spacial score (nSPS) is 12.9. The Morgan fingerprint density at radius 2 is 0.649 bits per heavy atom. The van der Waals surface area contributed by atoms with E-state index in [-0.39, 0.29) is 85.1 Å². The lowest BCUT2D eigenvalue weighted by atomic mass is 9.79. The average molecular weight is 999 g/mol. The fourth-order valence-corrected chi connectivity index (χ4v) is 9.25. The van der Waals surface area contributed by atoms with E-state index in [2.05, 4.69) is 142 Å². The Kier molecular flexibility index (Phi) is 16.0. The Balaban J connectivity index is 1.40. The molecule has 0 atom stereocenters. The van der Waals surface area contributed by atoms with Crippen molar-refractivity contribution in [1.82, 2.24) is 10.6 Å². The zero-order valence-corrected chi connectivity index (χ0v) is 45.4. The molecule has 0 saturated carbocycles. The zero-order valence-electron chi connectivity index (χ0n) is 45.4. The second-order valence-corrected chi connectivity index (χ2v) is 23.8. The van der Waals surface area contributed by atoms with Gasteiger partial charge in [-0.3, -0.25) is 19.2 Å². The molecule has 7 rings (SSSR count). The van der Waals surface area contributed by atoms with Crippen LogP contribution in [0.5, 0.6) is 23.0 Å². The van der Waals surface area contributed by atoms with E-state index in [9.17, 15) is 29.4 Å². The number of nitrogens with one attached hydrogen (secondary N) is 2. The lowest BCUT2D eigenvalue weighted by molar-refractivity contribution is -0.117. The van der Waals surface area contributed by atoms with Crippen molar-refractivity contribution in [3.05, 3.63) is 187 Å². The zero-order chi connectivity index (χ0) is 53.9. The monoisotopic (exact) mass is 999 g/mol. The molecule has 8 bridgehead atoms. The highest BCUT2D eigenvalue weighted by atomic mass is 16.5. The Morgan fingerprint density at radius 1 is 0.405 bits per heavy atom. The van der Waals surface area contributed by atoms with Crippen molar-refractivity contribution < 1.29 is 38.9 Å². The number of phenols is 2. The van der Waals surface area contributed by atoms with Crippen molar-refractivity contribution in [2.75, 3.05) is 26.3 Å². The van der Waals surface area contributed by atoms with E-state index in [0.29, 0.717) is 44.9 Å². The van der Waals surface area contributed by atoms with Crippen LogP contribution < -0.4 is 20.1 Å². The predicted octanol–water partition coefficient (Wildman–Crippen LogP) is 11.7. The van der Waals surface area contributed by atoms with Crippen LogP contribution in [0.25, 0.3) is 0 Å². The molecule has 388 valence electrons. The number of benzene rings is 6. The molecule has 10 nitrogen and oxygen atoms in total. The molecule has 0 heterocycles. The van der Waals surface area contributed by atoms with Crippen LogP contribution in [0.4, 0.5) is 0 Å². The van der Waals surface area contributed by atoms with Crippen molar-refractivity contribution in [3.8, 4) is 23.0 Å². The van der Waals surface area contributed by atoms with E-state index in [1.165, 1.54) is 0 Å². The Labute approximate surface area is 437 Å². The number of rotatable bonds is 12. The molecular formula is C64H74N2O8. The molecule has 0 aliphatic heterocycles. The van der Waals surface area contributed by atoms with E-state index >= 15 is 0 Å². The second-order valence-electron chi connectivity index (χ2n) is 23.8. The van der Waals surface area contributed by atoms with Crippen LogP contribution in [0.1, 0.15) is 171 Å². The standard InChI is InChI=1S/C64H74N2O8/c1-61(2,3)49-31-41-27-45-35-51(63(7,8)9)37-47(57(45)73-25-23-65-59(71)55(69)39-19-15-13-16-20-39)29-43-33-50(62(4,5)6)34-44(54(43)68)30-48-38-52(64(10,11)12)36-46(28-42(32-49)53(41)67)58(48)74-26-24-66-60(72)56(70)40-21-17-14-18-22-40/h13-22,31-38,67-68H,23-30H2,1-12H3,(H,65,71)(H,66,72). The minimum atomic E-state index is -0.729. The fourth-order valence-electron chi connectivity index (χ4n) is 9.25. The smallest absolute Gasteiger partial charge is 0.292 e. The van der Waals surface area contributed by atoms with Crippen LogP contribution in [0.15, 0.2) is 109 Å². The van der Waals surface area contributed by atoms with Crippen molar-refractivity contribution in [1.29, 1.82) is 0 Å². The highest BCUT2D eigenvalue weighted by Gasteiger charge is 2.29. The van der Waals surface area contributed by atoms with Gasteiger partial charge in [-0.2, -0.15) is 0 Å². The number of aromatic hydroxyl groups is 2. The molecule has 1 aliphatic carbocycles. The maximum Gasteiger partial charge on any atom is 0.292 e. The third-order valence-corrected chi connectivity index (χ3v) is 13.8. The van der Waals surface area contributed by atoms with Gasteiger partial charge in [-0.05, 0) is 88.4 Å². The quantitative estimate of drug-likeness (QED) is 0.0537. The molecule has 0 saturated heterocycles. The molecule has 10 heteroatoms. The molecular weight excluding hydrogens is 925 g/mol. The molecule has 0 aromatic heterocycles. The number of Topliss-reactive ketones (excluding diaryl/α,β-unsaturated/α-hetero) is 2. The number of ketones is 2. The van der Waals surface area contributed by atoms with Gasteiger partial charge in [0.05, 0.1) is 13.1 Å². The van der Waals surface area contributed by atoms with E-state index in [1.54, 1.807) is 60.7 Å². The number of phenolic OH excluding ortho intramolecular Hbond substituents is 2. The molecule has 6 aromatic carbocycles. The minimum Gasteiger partial charge on any atom is -0.507 e. The second kappa shape index (κ2) is 21.7. The Morgan fingerprint density at radius 3 is 0.892 bits per heavy atom. The summed E-state index contributed by atoms with van der Waals surface area (Å²) in [7, 11) is 0. The summed E-state index contributed by atoms with van der Waals surface area (Å²) in [5.41, 5.74) is 9.55. The first-order chi connectivity index (χ1) is 34.7. The third kappa shape index (κ3) is 12.9. The third-order valence-electron chi connectivity index (χ3n) is 13.8. The van der Waals surface area contributed by atoms with Crippen molar-refractivity contribution in [2.24, 2.45) is 0 Å². The maximum atomic E-state index is 13.1. The SMILES string of the molecule is CC(C)(C)c1cc2c(O)c(c1)Cc1cc(C(C)(C)C)cc(c1OCCNC(=O)C(=O)c1ccccc1)Cc1cc(C(C)(C)C)cc(c1O)Cc1cc(C(C)(C)C)cc(c1OCCNC(=O)C(=O)c1ccccc1)C2. The van der Waals surface area contributed by atoms with Gasteiger partial charge in [-0.1, -0.05) is 192 Å². The maximum absolute atomic E-state index is 13.1. The van der Waals surface area contributed by atoms with Crippen LogP contribution in [-0.4, -0.2) is 59.9 Å². The summed E-state index contributed by atoms with van der Waals surface area (Å²) in [6.07, 6.45) is 1.13. The number of hydrogen-bond acceptors (Lipinski definition) is 8. The largest absolute Gasteiger partial charge is 0.507 e. The number of amides is 2. The highest BCUT2D eigenvalue weighted by molar-refractivity contribution is 6.43. The number of carbonyl (C=O) groups excluding carboxylic acids is 4. The summed E-state index contributed by atoms with van der Waals surface area (Å²) < 4.78 is 13.6. The molecule has 1 aliphatic rings. The number of hydrogen-bond donors (Lipinski definition) is 4. The summed E-state index contributed by atoms with van der Waals surface area (Å²) in [6.45, 7) is 26.0. The Hall–Kier alpha value is -7.20. The number of carbonyl (C=O) groups is 4. The first kappa shape index (κ1) is 54.6. The van der Waals surface area contributed by atoms with Crippen LogP contribution >= 0.6 is 0 Å². The lowest BCUT2D eigenvalue weighted by Crippen LogP contribution is -2.34. The minimum absolute atomic E-state index is 0.0434. The van der Waals surface area contributed by atoms with Crippen LogP contribution in [0.2, 0.25) is 0 Å². The van der Waals surface area contributed by atoms with Gasteiger partial charge in [0.25, 0.3) is 11.8 Å². The van der Waals surface area contributed by atoms with Crippen molar-refractivity contribution in [2.45, 2.75) is 130 Å². The summed E-state index contributed by atoms with van der Waals surface area (Å²) in [6, 6.07) is 33.7. The van der Waals surface area contributed by atoms with Gasteiger partial charge in [0.2, 0.25) is 11.6 Å². The summed E-state index contributed by atoms with van der Waals surface area (Å²) in [5.74, 6) is -1.29. The van der Waals surface area contributed by atoms with E-state index < -0.39 is 23.4 Å². The molecule has 2 amide bonds. The molecule has 6 aromatic rings. The van der Waals surface area contributed by atoms with Crippen molar-refractivity contribution >= 4 is 23.4 Å². The van der Waals surface area contributed by atoms with Gasteiger partial charge < -0.3 is 30.3 Å². The number of ether oxygens (including phenoxy) is 2. The van der Waals surface area contributed by atoms with Crippen LogP contribution in [-0.2, 0) is 56.9 Å². The molecule has 0 unspecified atom stereocenters. The molecule has 0 radical (unpaired) electrons. The molecule has 4 N–H and O–H groups in total. The van der Waals surface area contributed by atoms with E-state index in [0.717, 1.165) is 44.5 Å².